The van der Waals surface area contributed by atoms with Gasteiger partial charge in [-0.1, -0.05) is 110 Å². The van der Waals surface area contributed by atoms with Gasteiger partial charge in [0.25, 0.3) is 0 Å². The maximum absolute atomic E-state index is 13.0. The Morgan fingerprint density at radius 1 is 0.897 bits per heavy atom. The predicted octanol–water partition coefficient (Wildman–Crippen LogP) is 10.5. The van der Waals surface area contributed by atoms with Gasteiger partial charge in [0, 0.05) is 53.8 Å². The van der Waals surface area contributed by atoms with Crippen LogP contribution in [0.4, 0.5) is 5.69 Å². The van der Waals surface area contributed by atoms with Crippen LogP contribution in [-0.4, -0.2) is 58.7 Å². The summed E-state index contributed by atoms with van der Waals surface area (Å²) >= 11 is 0.971. The summed E-state index contributed by atoms with van der Waals surface area (Å²) in [7, 11) is 0. The Balaban J connectivity index is 1.32. The van der Waals surface area contributed by atoms with Crippen molar-refractivity contribution in [2.45, 2.75) is 133 Å². The monoisotopic (exact) mass is 812 g/mol. The lowest BCUT2D eigenvalue weighted by molar-refractivity contribution is -0.438. The van der Waals surface area contributed by atoms with Crippen molar-refractivity contribution >= 4 is 35.3 Å². The zero-order valence-corrected chi connectivity index (χ0v) is 35.8. The van der Waals surface area contributed by atoms with Gasteiger partial charge >= 0.3 is 5.97 Å². The van der Waals surface area contributed by atoms with Crippen LogP contribution in [0, 0.1) is 5.92 Å². The highest BCUT2D eigenvalue weighted by Gasteiger charge is 2.44. The normalized spacial score (nSPS) is 25.1. The van der Waals surface area contributed by atoms with E-state index in [1.807, 2.05) is 6.07 Å². The molecule has 2 aliphatic heterocycles. The lowest BCUT2D eigenvalue weighted by Gasteiger charge is -2.28. The van der Waals surface area contributed by atoms with Crippen LogP contribution in [0.25, 0.3) is 0 Å². The summed E-state index contributed by atoms with van der Waals surface area (Å²) in [5.41, 5.74) is 7.68. The minimum absolute atomic E-state index is 0.0340. The second-order valence-corrected chi connectivity index (χ2v) is 17.7. The maximum Gasteiger partial charge on any atom is 0.303 e. The lowest BCUT2D eigenvalue weighted by Crippen LogP contribution is -2.34. The van der Waals surface area contributed by atoms with Crippen LogP contribution in [0.1, 0.15) is 127 Å². The molecule has 10 heteroatoms. The summed E-state index contributed by atoms with van der Waals surface area (Å²) in [5.74, 6) is -0.319. The van der Waals surface area contributed by atoms with E-state index in [-0.39, 0.29) is 23.2 Å². The number of fused-ring (bicyclic) bond motifs is 5. The first-order valence-corrected chi connectivity index (χ1v) is 22.3. The number of carboxylic acid groups (broad SMARTS) is 1. The van der Waals surface area contributed by atoms with E-state index >= 15 is 0 Å². The van der Waals surface area contributed by atoms with Crippen LogP contribution in [0.2, 0.25) is 0 Å². The van der Waals surface area contributed by atoms with Crippen LogP contribution >= 0.6 is 12.0 Å². The molecule has 2 unspecified atom stereocenters. The molecule has 2 atom stereocenters. The minimum Gasteiger partial charge on any atom is -0.481 e. The second-order valence-electron chi connectivity index (χ2n) is 16.9. The van der Waals surface area contributed by atoms with E-state index in [4.69, 9.17) is 14.7 Å². The number of hydrogen-bond donors (Lipinski definition) is 4. The first-order valence-electron chi connectivity index (χ1n) is 21.6. The second kappa shape index (κ2) is 23.1. The van der Waals surface area contributed by atoms with Crippen molar-refractivity contribution in [1.29, 1.82) is 0 Å². The Morgan fingerprint density at radius 2 is 1.69 bits per heavy atom. The van der Waals surface area contributed by atoms with E-state index in [1.165, 1.54) is 47.2 Å². The number of unbranched alkanes of at least 4 members (excludes halogenated alkanes) is 2. The summed E-state index contributed by atoms with van der Waals surface area (Å²) in [6.07, 6.45) is 29.0. The highest BCUT2D eigenvalue weighted by atomic mass is 32.2. The first-order chi connectivity index (χ1) is 28.1. The van der Waals surface area contributed by atoms with Crippen molar-refractivity contribution in [3.63, 3.8) is 0 Å². The molecule has 1 aliphatic carbocycles. The van der Waals surface area contributed by atoms with Crippen molar-refractivity contribution in [3.05, 3.63) is 107 Å². The van der Waals surface area contributed by atoms with Gasteiger partial charge in [-0.25, -0.2) is 5.26 Å². The fourth-order valence-electron chi connectivity index (χ4n) is 8.97. The maximum atomic E-state index is 13.0. The van der Waals surface area contributed by atoms with E-state index in [0.717, 1.165) is 100 Å². The Hall–Kier alpha value is -3.80. The average molecular weight is 813 g/mol. The Morgan fingerprint density at radius 3 is 2.53 bits per heavy atom. The fraction of sp³-hybridized carbons (Fsp3) is 0.521. The quantitative estimate of drug-likeness (QED) is 0.0650. The number of carbonyl (C=O) groups excluding carboxylic acids is 1. The molecule has 0 saturated heterocycles. The van der Waals surface area contributed by atoms with Gasteiger partial charge in [-0.15, -0.1) is 4.33 Å². The zero-order chi connectivity index (χ0) is 41.2. The van der Waals surface area contributed by atoms with E-state index in [9.17, 15) is 9.59 Å². The summed E-state index contributed by atoms with van der Waals surface area (Å²) < 4.78 is 7.15. The van der Waals surface area contributed by atoms with Gasteiger partial charge in [0.05, 0.1) is 17.5 Å². The molecule has 2 aromatic rings. The van der Waals surface area contributed by atoms with Gasteiger partial charge < -0.3 is 15.7 Å². The van der Waals surface area contributed by atoms with Gasteiger partial charge in [-0.2, -0.15) is 4.58 Å². The molecule has 0 radical (unpaired) electrons. The number of carboxylic acids is 1. The van der Waals surface area contributed by atoms with Gasteiger partial charge in [-0.05, 0) is 101 Å². The van der Waals surface area contributed by atoms with Crippen LogP contribution in [0.15, 0.2) is 95.5 Å². The molecule has 5 rings (SSSR count). The molecular weight excluding hydrogens is 747 g/mol. The highest BCUT2D eigenvalue weighted by Crippen LogP contribution is 2.46. The largest absolute Gasteiger partial charge is 0.481 e. The number of nitrogens with one attached hydrogen (secondary N) is 2. The Bertz CT molecular complexity index is 1830. The number of hydrogen-bond acceptors (Lipinski definition) is 7. The van der Waals surface area contributed by atoms with Crippen LogP contribution < -0.4 is 10.6 Å². The molecule has 1 amide bonds. The summed E-state index contributed by atoms with van der Waals surface area (Å²) in [6.45, 7) is 10.2. The van der Waals surface area contributed by atoms with Gasteiger partial charge in [-0.3, -0.25) is 9.59 Å². The Labute approximate surface area is 350 Å². The van der Waals surface area contributed by atoms with E-state index in [1.54, 1.807) is 0 Å². The van der Waals surface area contributed by atoms with Crippen molar-refractivity contribution in [2.75, 3.05) is 26.2 Å². The van der Waals surface area contributed by atoms with Gasteiger partial charge in [0.15, 0.2) is 5.71 Å². The highest BCUT2D eigenvalue weighted by molar-refractivity contribution is 7.94. The van der Waals surface area contributed by atoms with Crippen molar-refractivity contribution in [2.24, 2.45) is 5.92 Å². The lowest BCUT2D eigenvalue weighted by atomic mass is 9.76. The third-order valence-corrected chi connectivity index (χ3v) is 12.9. The SMILES string of the molecule is CC1(C)C2=[N+](CCCCCC(=O)NCC(CCCCCC(=O)O)CNCCCCCCC3(C)/C(=C/C=C/C=C/C=C/2)Cc2ccccc23)c2ccc(SOOO)cc21. The van der Waals surface area contributed by atoms with Gasteiger partial charge in [0.2, 0.25) is 11.6 Å². The molecule has 4 N–H and O–H groups in total. The minimum atomic E-state index is -0.738. The molecule has 0 spiro atoms. The number of rotatable bonds is 9. The van der Waals surface area contributed by atoms with Crippen LogP contribution in [0.3, 0.4) is 0 Å². The summed E-state index contributed by atoms with van der Waals surface area (Å²) in [5, 5.41) is 28.5. The van der Waals surface area contributed by atoms with E-state index in [2.05, 4.69) is 120 Å². The van der Waals surface area contributed by atoms with E-state index in [0.29, 0.717) is 25.3 Å². The average Bonchev–Trinajstić information content (AvgIpc) is 3.60. The van der Waals surface area contributed by atoms with Crippen LogP contribution in [0.5, 0.6) is 0 Å². The predicted molar refractivity (Wildman–Crippen MR) is 235 cm³/mol. The third-order valence-electron chi connectivity index (χ3n) is 12.3. The van der Waals surface area contributed by atoms with Crippen molar-refractivity contribution < 1.29 is 33.9 Å². The molecule has 314 valence electrons. The molecule has 3 aliphatic rings. The smallest absolute Gasteiger partial charge is 0.303 e. The molecule has 0 aromatic heterocycles. The number of allylic oxidation sites excluding steroid dienone is 8. The number of amides is 1. The zero-order valence-electron chi connectivity index (χ0n) is 35.0. The molecule has 0 bridgehead atoms. The molecule has 0 saturated carbocycles. The number of carbonyl (C=O) groups is 2. The molecule has 9 nitrogen and oxygen atoms in total. The third kappa shape index (κ3) is 12.8. The van der Waals surface area contributed by atoms with Crippen LogP contribution in [-0.2, 0) is 36.2 Å². The van der Waals surface area contributed by atoms with E-state index < -0.39 is 5.97 Å². The molecule has 2 aromatic carbocycles. The topological polar surface area (TPSA) is 120 Å². The number of nitrogens with zero attached hydrogens (tertiary/aromatic N) is 1. The molecule has 58 heavy (non-hydrogen) atoms. The number of aliphatic carboxylic acids is 1. The molecule has 2 heterocycles. The number of benzene rings is 2. The molecular formula is C48H66N3O6S+. The van der Waals surface area contributed by atoms with Crippen molar-refractivity contribution in [3.8, 4) is 0 Å². The first kappa shape index (κ1) is 45.3. The molecule has 0 fully saturated rings. The summed E-state index contributed by atoms with van der Waals surface area (Å²) in [4.78, 5) is 24.8. The summed E-state index contributed by atoms with van der Waals surface area (Å²) in [6, 6.07) is 15.1. The van der Waals surface area contributed by atoms with Crippen molar-refractivity contribution in [1.82, 2.24) is 10.6 Å². The Kier molecular flexibility index (Phi) is 18.0. The standard InChI is InChI=1S/C48H65N3O6S/c1-47(2)42-34-40(58-57-56-55)28-29-43(42)51-32-20-10-14-26-45(52)50-36-37(21-11-9-15-27-46(53)54)35-49-31-19-8-7-18-30-48(3)39(33-38-22-16-17-24-41(38)48)23-12-5-4-6-13-25-44(47)51/h4-6,12-13,16-17,22-25,28-29,34,37,49H,7-11,14-15,18-21,26-27,30-33,35-36H2,1-3H3,(H2-,50,52,53,54,55)/p+1/b6-4+,12-5+,25-13+,39-23+. The fourth-order valence-corrected chi connectivity index (χ4v) is 9.36. The van der Waals surface area contributed by atoms with Gasteiger partial charge in [0.1, 0.15) is 6.54 Å².